The monoisotopic (exact) mass is 319 g/mol. The molecule has 1 atom stereocenters. The van der Waals surface area contributed by atoms with Crippen LogP contribution in [-0.4, -0.2) is 36.7 Å². The predicted molar refractivity (Wildman–Crippen MR) is 89.6 cm³/mol. The van der Waals surface area contributed by atoms with Gasteiger partial charge in [-0.05, 0) is 32.2 Å². The van der Waals surface area contributed by atoms with Gasteiger partial charge in [-0.3, -0.25) is 18.8 Å². The van der Waals surface area contributed by atoms with Gasteiger partial charge in [0.15, 0.2) is 11.2 Å². The molecule has 1 saturated heterocycles. The molecular weight excluding hydrogens is 294 g/mol. The molecule has 0 aromatic carbocycles. The summed E-state index contributed by atoms with van der Waals surface area (Å²) in [5.74, 6) is 1.57. The number of imidazole rings is 1. The van der Waals surface area contributed by atoms with Gasteiger partial charge in [-0.15, -0.1) is 0 Å². The molecule has 1 aliphatic rings. The Labute approximate surface area is 135 Å². The number of aryl methyl sites for hydroxylation is 2. The number of hydrogen-bond donors (Lipinski definition) is 0. The van der Waals surface area contributed by atoms with Crippen molar-refractivity contribution in [2.45, 2.75) is 39.8 Å². The molecule has 7 heteroatoms. The summed E-state index contributed by atoms with van der Waals surface area (Å²) in [5, 5.41) is 0. The minimum atomic E-state index is -0.332. The molecule has 0 unspecified atom stereocenters. The summed E-state index contributed by atoms with van der Waals surface area (Å²) in [6, 6.07) is 0. The highest BCUT2D eigenvalue weighted by atomic mass is 16.2. The number of piperidine rings is 1. The molecule has 7 nitrogen and oxygen atoms in total. The molecule has 1 fully saturated rings. The Bertz CT molecular complexity index is 845. The molecule has 0 bridgehead atoms. The average molecular weight is 319 g/mol. The molecule has 2 aromatic rings. The van der Waals surface area contributed by atoms with Crippen molar-refractivity contribution in [1.82, 2.24) is 23.6 Å². The van der Waals surface area contributed by atoms with Gasteiger partial charge in [0.1, 0.15) is 5.82 Å². The Morgan fingerprint density at radius 1 is 1.22 bits per heavy atom. The Hall–Kier alpha value is -1.89. The second kappa shape index (κ2) is 5.96. The SMILES string of the molecule is CCn1c(CN2CCC[C@@H](C)C2)nc2c1c(=O)n(C)c(=O)n2C. The molecular formula is C16H25N5O2. The first-order valence-electron chi connectivity index (χ1n) is 8.31. The number of fused-ring (bicyclic) bond motifs is 1. The molecule has 0 amide bonds. The molecule has 0 radical (unpaired) electrons. The van der Waals surface area contributed by atoms with E-state index in [1.54, 1.807) is 7.05 Å². The summed E-state index contributed by atoms with van der Waals surface area (Å²) in [6.07, 6.45) is 2.48. The molecule has 1 aliphatic heterocycles. The lowest BCUT2D eigenvalue weighted by molar-refractivity contribution is 0.171. The second-order valence-electron chi connectivity index (χ2n) is 6.63. The number of likely N-dealkylation sites (tertiary alicyclic amines) is 1. The van der Waals surface area contributed by atoms with E-state index in [1.165, 1.54) is 24.5 Å². The van der Waals surface area contributed by atoms with Gasteiger partial charge in [-0.25, -0.2) is 9.78 Å². The predicted octanol–water partition coefficient (Wildman–Crippen LogP) is 0.686. The smallest absolute Gasteiger partial charge is 0.321 e. The van der Waals surface area contributed by atoms with E-state index in [0.717, 1.165) is 30.0 Å². The molecule has 0 spiro atoms. The fraction of sp³-hybridized carbons (Fsp3) is 0.688. The van der Waals surface area contributed by atoms with Crippen molar-refractivity contribution in [2.75, 3.05) is 13.1 Å². The van der Waals surface area contributed by atoms with Crippen molar-refractivity contribution in [3.63, 3.8) is 0 Å². The van der Waals surface area contributed by atoms with E-state index in [4.69, 9.17) is 0 Å². The number of rotatable bonds is 3. The molecule has 0 aliphatic carbocycles. The maximum Gasteiger partial charge on any atom is 0.332 e. The van der Waals surface area contributed by atoms with Crippen molar-refractivity contribution >= 4 is 11.2 Å². The van der Waals surface area contributed by atoms with Crippen LogP contribution in [0.1, 0.15) is 32.5 Å². The van der Waals surface area contributed by atoms with Gasteiger partial charge < -0.3 is 4.57 Å². The molecule has 126 valence electrons. The summed E-state index contributed by atoms with van der Waals surface area (Å²) in [4.78, 5) is 31.7. The van der Waals surface area contributed by atoms with Crippen LogP contribution in [0.3, 0.4) is 0 Å². The summed E-state index contributed by atoms with van der Waals surface area (Å²) in [5.41, 5.74) is 0.411. The van der Waals surface area contributed by atoms with Gasteiger partial charge in [0, 0.05) is 27.2 Å². The summed E-state index contributed by atoms with van der Waals surface area (Å²) >= 11 is 0. The lowest BCUT2D eigenvalue weighted by Gasteiger charge is -2.30. The van der Waals surface area contributed by atoms with Gasteiger partial charge in [-0.1, -0.05) is 6.92 Å². The number of nitrogens with zero attached hydrogens (tertiary/aromatic N) is 5. The Kier molecular flexibility index (Phi) is 4.14. The topological polar surface area (TPSA) is 65.1 Å². The summed E-state index contributed by atoms with van der Waals surface area (Å²) < 4.78 is 4.57. The zero-order valence-corrected chi connectivity index (χ0v) is 14.4. The van der Waals surface area contributed by atoms with Crippen LogP contribution in [-0.2, 0) is 27.2 Å². The van der Waals surface area contributed by atoms with E-state index in [9.17, 15) is 9.59 Å². The Balaban J connectivity index is 2.11. The van der Waals surface area contributed by atoms with Gasteiger partial charge in [0.05, 0.1) is 6.54 Å². The average Bonchev–Trinajstić information content (AvgIpc) is 2.89. The first-order valence-corrected chi connectivity index (χ1v) is 8.31. The van der Waals surface area contributed by atoms with Crippen LogP contribution in [0.15, 0.2) is 9.59 Å². The maximum absolute atomic E-state index is 12.5. The van der Waals surface area contributed by atoms with Crippen molar-refractivity contribution in [3.8, 4) is 0 Å². The van der Waals surface area contributed by atoms with E-state index in [-0.39, 0.29) is 11.2 Å². The molecule has 3 heterocycles. The summed E-state index contributed by atoms with van der Waals surface area (Å²) in [6.45, 7) is 7.80. The van der Waals surface area contributed by atoms with E-state index in [1.807, 2.05) is 11.5 Å². The van der Waals surface area contributed by atoms with Crippen LogP contribution in [0.4, 0.5) is 0 Å². The molecule has 0 N–H and O–H groups in total. The Morgan fingerprint density at radius 3 is 2.61 bits per heavy atom. The van der Waals surface area contributed by atoms with Crippen LogP contribution < -0.4 is 11.2 Å². The van der Waals surface area contributed by atoms with E-state index >= 15 is 0 Å². The van der Waals surface area contributed by atoms with Gasteiger partial charge >= 0.3 is 5.69 Å². The van der Waals surface area contributed by atoms with Gasteiger partial charge in [0.2, 0.25) is 0 Å². The van der Waals surface area contributed by atoms with Crippen molar-refractivity contribution in [1.29, 1.82) is 0 Å². The van der Waals surface area contributed by atoms with Crippen LogP contribution in [0, 0.1) is 5.92 Å². The largest absolute Gasteiger partial charge is 0.332 e. The first-order chi connectivity index (χ1) is 10.9. The highest BCUT2D eigenvalue weighted by molar-refractivity contribution is 5.71. The minimum absolute atomic E-state index is 0.268. The molecule has 3 rings (SSSR count). The standard InChI is InChI=1S/C16H25N5O2/c1-5-21-12(10-20-8-6-7-11(2)9-20)17-14-13(21)15(22)19(4)16(23)18(14)3/h11H,5-10H2,1-4H3/t11-/m1/s1. The zero-order valence-electron chi connectivity index (χ0n) is 14.4. The van der Waals surface area contributed by atoms with Crippen molar-refractivity contribution in [2.24, 2.45) is 20.0 Å². The highest BCUT2D eigenvalue weighted by Gasteiger charge is 2.22. The van der Waals surface area contributed by atoms with Gasteiger partial charge in [0.25, 0.3) is 5.56 Å². The number of hydrogen-bond acceptors (Lipinski definition) is 4. The lowest BCUT2D eigenvalue weighted by Crippen LogP contribution is -2.37. The Morgan fingerprint density at radius 2 is 1.96 bits per heavy atom. The first kappa shape index (κ1) is 16.0. The molecule has 0 saturated carbocycles. The van der Waals surface area contributed by atoms with Crippen LogP contribution in [0.2, 0.25) is 0 Å². The molecule has 2 aromatic heterocycles. The number of aromatic nitrogens is 4. The maximum atomic E-state index is 12.5. The van der Waals surface area contributed by atoms with Crippen LogP contribution in [0.25, 0.3) is 11.2 Å². The van der Waals surface area contributed by atoms with Gasteiger partial charge in [-0.2, -0.15) is 0 Å². The lowest BCUT2D eigenvalue weighted by atomic mass is 10.0. The van der Waals surface area contributed by atoms with E-state index in [2.05, 4.69) is 16.8 Å². The normalized spacial score (nSPS) is 19.6. The third kappa shape index (κ3) is 2.63. The summed E-state index contributed by atoms with van der Waals surface area (Å²) in [7, 11) is 3.19. The quantitative estimate of drug-likeness (QED) is 0.835. The second-order valence-corrected chi connectivity index (χ2v) is 6.63. The third-order valence-corrected chi connectivity index (χ3v) is 4.85. The van der Waals surface area contributed by atoms with Crippen LogP contribution >= 0.6 is 0 Å². The third-order valence-electron chi connectivity index (χ3n) is 4.85. The minimum Gasteiger partial charge on any atom is -0.321 e. The van der Waals surface area contributed by atoms with E-state index < -0.39 is 0 Å². The zero-order chi connectivity index (χ0) is 16.7. The van der Waals surface area contributed by atoms with Crippen molar-refractivity contribution in [3.05, 3.63) is 26.7 Å². The fourth-order valence-electron chi connectivity index (χ4n) is 3.58. The van der Waals surface area contributed by atoms with Crippen LogP contribution in [0.5, 0.6) is 0 Å². The fourth-order valence-corrected chi connectivity index (χ4v) is 3.58. The highest BCUT2D eigenvalue weighted by Crippen LogP contribution is 2.19. The molecule has 23 heavy (non-hydrogen) atoms. The van der Waals surface area contributed by atoms with E-state index in [0.29, 0.717) is 23.6 Å². The van der Waals surface area contributed by atoms with Crippen molar-refractivity contribution < 1.29 is 0 Å².